The second kappa shape index (κ2) is 6.17. The molecule has 2 aromatic rings. The predicted molar refractivity (Wildman–Crippen MR) is 74.5 cm³/mol. The molecule has 0 spiro atoms. The van der Waals surface area contributed by atoms with Crippen LogP contribution >= 0.6 is 23.2 Å². The largest absolute Gasteiger partial charge is 0.466 e. The van der Waals surface area contributed by atoms with Crippen LogP contribution in [0.1, 0.15) is 19.0 Å². The molecule has 6 heteroatoms. The number of aryl methyl sites for hydroxylation is 1. The summed E-state index contributed by atoms with van der Waals surface area (Å²) in [7, 11) is 0. The van der Waals surface area contributed by atoms with Crippen LogP contribution in [0, 0.1) is 0 Å². The van der Waals surface area contributed by atoms with Crippen LogP contribution in [-0.4, -0.2) is 22.5 Å². The molecule has 1 heterocycles. The van der Waals surface area contributed by atoms with Gasteiger partial charge in [0.1, 0.15) is 0 Å². The number of rotatable bonds is 4. The van der Waals surface area contributed by atoms with E-state index >= 15 is 0 Å². The summed E-state index contributed by atoms with van der Waals surface area (Å²) in [6.07, 6.45) is 0.626. The van der Waals surface area contributed by atoms with Crippen molar-refractivity contribution in [3.05, 3.63) is 34.1 Å². The van der Waals surface area contributed by atoms with Crippen molar-refractivity contribution in [3.8, 4) is 0 Å². The van der Waals surface area contributed by atoms with Crippen LogP contribution in [0.3, 0.4) is 0 Å². The van der Waals surface area contributed by atoms with Gasteiger partial charge in [-0.25, -0.2) is 9.97 Å². The lowest BCUT2D eigenvalue weighted by molar-refractivity contribution is -0.143. The van der Waals surface area contributed by atoms with Crippen molar-refractivity contribution in [2.75, 3.05) is 6.61 Å². The molecule has 0 atom stereocenters. The second-order valence-corrected chi connectivity index (χ2v) is 4.69. The molecule has 0 saturated carbocycles. The zero-order valence-electron chi connectivity index (χ0n) is 10.3. The van der Waals surface area contributed by atoms with E-state index in [4.69, 9.17) is 27.9 Å². The van der Waals surface area contributed by atoms with Crippen molar-refractivity contribution in [2.45, 2.75) is 19.8 Å². The number of halogens is 2. The van der Waals surface area contributed by atoms with E-state index in [1.165, 1.54) is 0 Å². The van der Waals surface area contributed by atoms with Crippen LogP contribution in [0.4, 0.5) is 0 Å². The van der Waals surface area contributed by atoms with E-state index in [1.54, 1.807) is 25.1 Å². The van der Waals surface area contributed by atoms with Gasteiger partial charge in [-0.1, -0.05) is 23.2 Å². The first-order valence-corrected chi connectivity index (χ1v) is 6.63. The standard InChI is InChI=1S/C13H12Cl2N2O2/c1-2-19-12(18)6-5-10-13(15)17-9-4-3-8(14)7-11(9)16-10/h3-4,7H,2,5-6H2,1H3. The van der Waals surface area contributed by atoms with E-state index in [9.17, 15) is 4.79 Å². The third kappa shape index (κ3) is 3.55. The molecule has 0 aliphatic carbocycles. The second-order valence-electron chi connectivity index (χ2n) is 3.90. The molecule has 0 unspecified atom stereocenters. The summed E-state index contributed by atoms with van der Waals surface area (Å²) in [4.78, 5) is 19.9. The van der Waals surface area contributed by atoms with Crippen molar-refractivity contribution >= 4 is 40.2 Å². The van der Waals surface area contributed by atoms with Gasteiger partial charge in [0.25, 0.3) is 0 Å². The summed E-state index contributed by atoms with van der Waals surface area (Å²) >= 11 is 11.9. The number of esters is 1. The van der Waals surface area contributed by atoms with Gasteiger partial charge in [0.05, 0.1) is 29.8 Å². The quantitative estimate of drug-likeness (QED) is 0.812. The molecule has 0 amide bonds. The maximum absolute atomic E-state index is 11.3. The predicted octanol–water partition coefficient (Wildman–Crippen LogP) is 3.43. The number of carbonyl (C=O) groups is 1. The highest BCUT2D eigenvalue weighted by molar-refractivity contribution is 6.31. The van der Waals surface area contributed by atoms with Crippen molar-refractivity contribution in [1.29, 1.82) is 0 Å². The number of fused-ring (bicyclic) bond motifs is 1. The van der Waals surface area contributed by atoms with Gasteiger partial charge in [0, 0.05) is 11.4 Å². The topological polar surface area (TPSA) is 52.1 Å². The Morgan fingerprint density at radius 2 is 2.05 bits per heavy atom. The fourth-order valence-corrected chi connectivity index (χ4v) is 2.05. The first-order chi connectivity index (χ1) is 9.10. The van der Waals surface area contributed by atoms with Crippen molar-refractivity contribution in [2.24, 2.45) is 0 Å². The highest BCUT2D eigenvalue weighted by Crippen LogP contribution is 2.21. The summed E-state index contributed by atoms with van der Waals surface area (Å²) in [5.41, 5.74) is 1.91. The summed E-state index contributed by atoms with van der Waals surface area (Å²) in [6.45, 7) is 2.13. The van der Waals surface area contributed by atoms with E-state index in [2.05, 4.69) is 9.97 Å². The molecule has 0 fully saturated rings. The molecule has 0 saturated heterocycles. The van der Waals surface area contributed by atoms with Gasteiger partial charge in [-0.3, -0.25) is 4.79 Å². The van der Waals surface area contributed by atoms with Gasteiger partial charge in [0.2, 0.25) is 0 Å². The molecular formula is C13H12Cl2N2O2. The molecule has 2 rings (SSSR count). The fourth-order valence-electron chi connectivity index (χ4n) is 1.66. The summed E-state index contributed by atoms with van der Waals surface area (Å²) < 4.78 is 4.86. The summed E-state index contributed by atoms with van der Waals surface area (Å²) in [6, 6.07) is 5.20. The number of hydrogen-bond acceptors (Lipinski definition) is 4. The Bertz CT molecular complexity index is 617. The number of nitrogens with zero attached hydrogens (tertiary/aromatic N) is 2. The SMILES string of the molecule is CCOC(=O)CCc1nc2cc(Cl)ccc2nc1Cl. The highest BCUT2D eigenvalue weighted by Gasteiger charge is 2.10. The molecule has 1 aromatic carbocycles. The summed E-state index contributed by atoms with van der Waals surface area (Å²) in [5.74, 6) is -0.272. The number of ether oxygens (including phenoxy) is 1. The molecule has 0 N–H and O–H groups in total. The third-order valence-electron chi connectivity index (χ3n) is 2.52. The van der Waals surface area contributed by atoms with Gasteiger partial charge < -0.3 is 4.74 Å². The monoisotopic (exact) mass is 298 g/mol. The zero-order chi connectivity index (χ0) is 13.8. The van der Waals surface area contributed by atoms with E-state index in [1.807, 2.05) is 0 Å². The fraction of sp³-hybridized carbons (Fsp3) is 0.308. The zero-order valence-corrected chi connectivity index (χ0v) is 11.8. The number of aromatic nitrogens is 2. The van der Waals surface area contributed by atoms with Gasteiger partial charge in [-0.2, -0.15) is 0 Å². The molecule has 4 nitrogen and oxygen atoms in total. The van der Waals surface area contributed by atoms with Crippen LogP contribution in [0.2, 0.25) is 10.2 Å². The molecule has 0 radical (unpaired) electrons. The minimum Gasteiger partial charge on any atom is -0.466 e. The Hall–Kier alpha value is -1.39. The minimum atomic E-state index is -0.272. The normalized spacial score (nSPS) is 10.7. The maximum atomic E-state index is 11.3. The smallest absolute Gasteiger partial charge is 0.306 e. The number of hydrogen-bond donors (Lipinski definition) is 0. The molecule has 0 aliphatic heterocycles. The van der Waals surface area contributed by atoms with Crippen LogP contribution in [0.15, 0.2) is 18.2 Å². The molecular weight excluding hydrogens is 287 g/mol. The Kier molecular flexibility index (Phi) is 4.56. The number of carbonyl (C=O) groups excluding carboxylic acids is 1. The van der Waals surface area contributed by atoms with Gasteiger partial charge in [-0.05, 0) is 25.1 Å². The Balaban J connectivity index is 2.23. The Labute approximate surface area is 120 Å². The Morgan fingerprint density at radius 3 is 2.79 bits per heavy atom. The average Bonchev–Trinajstić information content (AvgIpc) is 2.37. The van der Waals surface area contributed by atoms with Gasteiger partial charge >= 0.3 is 5.97 Å². The lowest BCUT2D eigenvalue weighted by Crippen LogP contribution is -2.06. The molecule has 1 aromatic heterocycles. The Morgan fingerprint density at radius 1 is 1.26 bits per heavy atom. The average molecular weight is 299 g/mol. The molecule has 0 aliphatic rings. The van der Waals surface area contributed by atoms with Crippen LogP contribution in [0.25, 0.3) is 11.0 Å². The lowest BCUT2D eigenvalue weighted by atomic mass is 10.2. The first-order valence-electron chi connectivity index (χ1n) is 5.87. The van der Waals surface area contributed by atoms with Crippen molar-refractivity contribution in [3.63, 3.8) is 0 Å². The van der Waals surface area contributed by atoms with Crippen molar-refractivity contribution < 1.29 is 9.53 Å². The van der Waals surface area contributed by atoms with Gasteiger partial charge in [0.15, 0.2) is 5.15 Å². The number of benzene rings is 1. The third-order valence-corrected chi connectivity index (χ3v) is 3.06. The summed E-state index contributed by atoms with van der Waals surface area (Å²) in [5, 5.41) is 0.889. The maximum Gasteiger partial charge on any atom is 0.306 e. The van der Waals surface area contributed by atoms with Crippen LogP contribution in [-0.2, 0) is 16.0 Å². The minimum absolute atomic E-state index is 0.230. The van der Waals surface area contributed by atoms with Crippen LogP contribution in [0.5, 0.6) is 0 Å². The van der Waals surface area contributed by atoms with E-state index in [-0.39, 0.29) is 12.4 Å². The van der Waals surface area contributed by atoms with E-state index in [0.29, 0.717) is 39.9 Å². The van der Waals surface area contributed by atoms with Crippen molar-refractivity contribution in [1.82, 2.24) is 9.97 Å². The van der Waals surface area contributed by atoms with E-state index < -0.39 is 0 Å². The van der Waals surface area contributed by atoms with E-state index in [0.717, 1.165) is 0 Å². The molecule has 19 heavy (non-hydrogen) atoms. The van der Waals surface area contributed by atoms with Gasteiger partial charge in [-0.15, -0.1) is 0 Å². The first kappa shape index (κ1) is 14.0. The molecule has 0 bridgehead atoms. The van der Waals surface area contributed by atoms with Crippen LogP contribution < -0.4 is 0 Å². The molecule has 100 valence electrons. The highest BCUT2D eigenvalue weighted by atomic mass is 35.5. The lowest BCUT2D eigenvalue weighted by Gasteiger charge is -2.05.